The monoisotopic (exact) mass is 360 g/mol. The van der Waals surface area contributed by atoms with Crippen molar-refractivity contribution in [3.63, 3.8) is 0 Å². The van der Waals surface area contributed by atoms with Gasteiger partial charge in [-0.15, -0.1) is 0 Å². The van der Waals surface area contributed by atoms with E-state index in [-0.39, 0.29) is 12.5 Å². The Bertz CT molecular complexity index is 788. The van der Waals surface area contributed by atoms with E-state index >= 15 is 0 Å². The highest BCUT2D eigenvalue weighted by atomic mass is 16.4. The van der Waals surface area contributed by atoms with Gasteiger partial charge in [0.1, 0.15) is 12.2 Å². The number of amides is 1. The number of rotatable bonds is 6. The van der Waals surface area contributed by atoms with E-state index in [4.69, 9.17) is 5.11 Å². The van der Waals surface area contributed by atoms with Crippen LogP contribution in [-0.2, 0) is 24.4 Å². The maximum absolute atomic E-state index is 12.7. The van der Waals surface area contributed by atoms with Crippen LogP contribution in [0.25, 0.3) is 0 Å². The van der Waals surface area contributed by atoms with Crippen LogP contribution >= 0.6 is 0 Å². The Labute approximate surface area is 151 Å². The average molecular weight is 360 g/mol. The Morgan fingerprint density at radius 1 is 1.23 bits per heavy atom. The Morgan fingerprint density at radius 2 is 1.96 bits per heavy atom. The van der Waals surface area contributed by atoms with Crippen LogP contribution in [0.5, 0.6) is 0 Å². The Morgan fingerprint density at radius 3 is 2.58 bits per heavy atom. The minimum atomic E-state index is -1.02. The molecular weight excluding hydrogens is 336 g/mol. The fraction of sp³-hybridized carbons (Fsp3) is 0.529. The lowest BCUT2D eigenvalue weighted by molar-refractivity contribution is -0.137. The number of hydrogen-bond donors (Lipinski definition) is 1. The van der Waals surface area contributed by atoms with Crippen LogP contribution in [0.15, 0.2) is 18.5 Å². The number of aromatic nitrogens is 4. The molecule has 1 fully saturated rings. The minimum Gasteiger partial charge on any atom is -0.480 e. The highest BCUT2D eigenvalue weighted by Gasteiger charge is 2.25. The van der Waals surface area contributed by atoms with Gasteiger partial charge in [0.2, 0.25) is 0 Å². The van der Waals surface area contributed by atoms with E-state index in [1.54, 1.807) is 11.0 Å². The number of carbonyl (C=O) groups is 2. The van der Waals surface area contributed by atoms with E-state index in [2.05, 4.69) is 28.2 Å². The summed E-state index contributed by atoms with van der Waals surface area (Å²) in [7, 11) is 0. The summed E-state index contributed by atoms with van der Waals surface area (Å²) in [6.07, 6.45) is 3.54. The lowest BCUT2D eigenvalue weighted by atomic mass is 10.2. The molecule has 2 aromatic rings. The van der Waals surface area contributed by atoms with Crippen LogP contribution in [0.2, 0.25) is 0 Å². The Balaban J connectivity index is 1.58. The van der Waals surface area contributed by atoms with Crippen LogP contribution in [0, 0.1) is 6.92 Å². The zero-order chi connectivity index (χ0) is 18.7. The molecule has 0 unspecified atom stereocenters. The SMILES string of the molecule is CCn1cc(CN2CCN(C(=O)c3ccnn3CC(=O)O)CC2)c(C)n1. The van der Waals surface area contributed by atoms with Crippen molar-refractivity contribution in [2.45, 2.75) is 33.5 Å². The minimum absolute atomic E-state index is 0.168. The number of carboxylic acid groups (broad SMARTS) is 1. The molecule has 1 N–H and O–H groups in total. The first-order valence-electron chi connectivity index (χ1n) is 8.76. The second kappa shape index (κ2) is 7.69. The van der Waals surface area contributed by atoms with Crippen LogP contribution in [0.1, 0.15) is 28.7 Å². The zero-order valence-corrected chi connectivity index (χ0v) is 15.1. The summed E-state index contributed by atoms with van der Waals surface area (Å²) in [5.41, 5.74) is 2.58. The highest BCUT2D eigenvalue weighted by Crippen LogP contribution is 2.14. The summed E-state index contributed by atoms with van der Waals surface area (Å²) in [6.45, 7) is 8.22. The fourth-order valence-electron chi connectivity index (χ4n) is 3.16. The quantitative estimate of drug-likeness (QED) is 0.803. The van der Waals surface area contributed by atoms with Crippen molar-refractivity contribution in [1.29, 1.82) is 0 Å². The molecule has 1 aliphatic heterocycles. The molecule has 1 saturated heterocycles. The predicted molar refractivity (Wildman–Crippen MR) is 93.7 cm³/mol. The summed E-state index contributed by atoms with van der Waals surface area (Å²) < 4.78 is 3.17. The van der Waals surface area contributed by atoms with Crippen molar-refractivity contribution < 1.29 is 14.7 Å². The molecule has 1 amide bonds. The van der Waals surface area contributed by atoms with Crippen molar-refractivity contribution in [2.24, 2.45) is 0 Å². The van der Waals surface area contributed by atoms with Gasteiger partial charge < -0.3 is 10.0 Å². The molecule has 3 rings (SSSR count). The summed E-state index contributed by atoms with van der Waals surface area (Å²) in [6, 6.07) is 1.57. The first kappa shape index (κ1) is 18.1. The van der Waals surface area contributed by atoms with Gasteiger partial charge in [-0.25, -0.2) is 4.68 Å². The van der Waals surface area contributed by atoms with Crippen molar-refractivity contribution in [3.8, 4) is 0 Å². The Hall–Kier alpha value is -2.68. The number of aryl methyl sites for hydroxylation is 2. The van der Waals surface area contributed by atoms with Crippen LogP contribution in [0.3, 0.4) is 0 Å². The maximum atomic E-state index is 12.7. The molecule has 26 heavy (non-hydrogen) atoms. The van der Waals surface area contributed by atoms with Gasteiger partial charge >= 0.3 is 5.97 Å². The topological polar surface area (TPSA) is 96.5 Å². The molecule has 0 spiro atoms. The first-order valence-corrected chi connectivity index (χ1v) is 8.76. The smallest absolute Gasteiger partial charge is 0.325 e. The van der Waals surface area contributed by atoms with E-state index in [1.165, 1.54) is 16.4 Å². The first-order chi connectivity index (χ1) is 12.5. The largest absolute Gasteiger partial charge is 0.480 e. The van der Waals surface area contributed by atoms with Gasteiger partial charge in [0.05, 0.1) is 5.69 Å². The molecule has 1 aliphatic rings. The molecule has 140 valence electrons. The van der Waals surface area contributed by atoms with Crippen molar-refractivity contribution in [2.75, 3.05) is 26.2 Å². The molecule has 0 aliphatic carbocycles. The number of carbonyl (C=O) groups excluding carboxylic acids is 1. The molecule has 9 nitrogen and oxygen atoms in total. The number of hydrogen-bond acceptors (Lipinski definition) is 5. The average Bonchev–Trinajstić information content (AvgIpc) is 3.21. The van der Waals surface area contributed by atoms with Gasteiger partial charge in [-0.2, -0.15) is 10.2 Å². The summed E-state index contributed by atoms with van der Waals surface area (Å²) in [5, 5.41) is 17.3. The van der Waals surface area contributed by atoms with Gasteiger partial charge in [0.25, 0.3) is 5.91 Å². The summed E-state index contributed by atoms with van der Waals surface area (Å²) >= 11 is 0. The van der Waals surface area contributed by atoms with E-state index in [0.717, 1.165) is 31.9 Å². The van der Waals surface area contributed by atoms with Gasteiger partial charge in [0, 0.05) is 57.2 Å². The third-order valence-corrected chi connectivity index (χ3v) is 4.65. The molecule has 0 radical (unpaired) electrons. The van der Waals surface area contributed by atoms with Crippen LogP contribution < -0.4 is 0 Å². The molecule has 0 atom stereocenters. The third-order valence-electron chi connectivity index (χ3n) is 4.65. The highest BCUT2D eigenvalue weighted by molar-refractivity contribution is 5.93. The summed E-state index contributed by atoms with van der Waals surface area (Å²) in [4.78, 5) is 27.6. The van der Waals surface area contributed by atoms with Gasteiger partial charge in [-0.3, -0.25) is 19.2 Å². The van der Waals surface area contributed by atoms with Gasteiger partial charge in [-0.05, 0) is 19.9 Å². The number of carboxylic acids is 1. The van der Waals surface area contributed by atoms with Gasteiger partial charge in [0.15, 0.2) is 0 Å². The number of aliphatic carboxylic acids is 1. The Kier molecular flexibility index (Phi) is 5.36. The van der Waals surface area contributed by atoms with E-state index in [1.807, 2.05) is 11.6 Å². The standard InChI is InChI=1S/C17H24N6O3/c1-3-22-11-14(13(2)19-22)10-20-6-8-21(9-7-20)17(26)15-4-5-18-23(15)12-16(24)25/h4-5,11H,3,6-10,12H2,1-2H3,(H,24,25). The van der Waals surface area contributed by atoms with E-state index in [0.29, 0.717) is 18.8 Å². The van der Waals surface area contributed by atoms with Crippen LogP contribution in [-0.4, -0.2) is 72.5 Å². The molecule has 2 aromatic heterocycles. The van der Waals surface area contributed by atoms with Crippen molar-refractivity contribution in [3.05, 3.63) is 35.4 Å². The van der Waals surface area contributed by atoms with Crippen molar-refractivity contribution >= 4 is 11.9 Å². The summed E-state index contributed by atoms with van der Waals surface area (Å²) in [5.74, 6) is -1.19. The normalized spacial score (nSPS) is 15.4. The molecule has 0 saturated carbocycles. The number of nitrogens with zero attached hydrogens (tertiary/aromatic N) is 6. The molecule has 9 heteroatoms. The van der Waals surface area contributed by atoms with E-state index < -0.39 is 5.97 Å². The second-order valence-electron chi connectivity index (χ2n) is 6.43. The molecule has 3 heterocycles. The molecule has 0 aromatic carbocycles. The molecule has 0 bridgehead atoms. The predicted octanol–water partition coefficient (Wildman–Crippen LogP) is 0.451. The van der Waals surface area contributed by atoms with Crippen LogP contribution in [0.4, 0.5) is 0 Å². The molecular formula is C17H24N6O3. The third kappa shape index (κ3) is 3.93. The lowest BCUT2D eigenvalue weighted by Gasteiger charge is -2.34. The fourth-order valence-corrected chi connectivity index (χ4v) is 3.16. The lowest BCUT2D eigenvalue weighted by Crippen LogP contribution is -2.48. The van der Waals surface area contributed by atoms with Gasteiger partial charge in [-0.1, -0.05) is 0 Å². The zero-order valence-electron chi connectivity index (χ0n) is 15.1. The van der Waals surface area contributed by atoms with E-state index in [9.17, 15) is 9.59 Å². The van der Waals surface area contributed by atoms with Crippen molar-refractivity contribution in [1.82, 2.24) is 29.4 Å². The number of piperazine rings is 1. The second-order valence-corrected chi connectivity index (χ2v) is 6.43. The maximum Gasteiger partial charge on any atom is 0.325 e.